The van der Waals surface area contributed by atoms with Crippen molar-refractivity contribution in [1.29, 1.82) is 0 Å². The Morgan fingerprint density at radius 2 is 1.95 bits per heavy atom. The van der Waals surface area contributed by atoms with Crippen molar-refractivity contribution in [3.05, 3.63) is 34.3 Å². The lowest BCUT2D eigenvalue weighted by atomic mass is 10.0. The summed E-state index contributed by atoms with van der Waals surface area (Å²) in [5, 5.41) is 20.6. The Bertz CT molecular complexity index is 557. The molecule has 0 amide bonds. The van der Waals surface area contributed by atoms with E-state index in [1.54, 1.807) is 17.7 Å². The van der Waals surface area contributed by atoms with Crippen molar-refractivity contribution in [2.75, 3.05) is 23.7 Å². The predicted octanol–water partition coefficient (Wildman–Crippen LogP) is 3.24. The van der Waals surface area contributed by atoms with Crippen LogP contribution in [-0.2, 0) is 0 Å². The van der Waals surface area contributed by atoms with E-state index >= 15 is 0 Å². The molecule has 1 unspecified atom stereocenters. The van der Waals surface area contributed by atoms with Gasteiger partial charge in [0.05, 0.1) is 6.10 Å². The molecule has 3 N–H and O–H groups in total. The van der Waals surface area contributed by atoms with Gasteiger partial charge in [0.1, 0.15) is 18.0 Å². The van der Waals surface area contributed by atoms with Gasteiger partial charge < -0.3 is 15.7 Å². The minimum absolute atomic E-state index is 0.293. The van der Waals surface area contributed by atoms with E-state index in [1.807, 2.05) is 23.8 Å². The third-order valence-corrected chi connectivity index (χ3v) is 3.90. The molecular weight excluding hydrogens is 284 g/mol. The van der Waals surface area contributed by atoms with Crippen LogP contribution in [0, 0.1) is 0 Å². The van der Waals surface area contributed by atoms with Crippen molar-refractivity contribution in [2.24, 2.45) is 0 Å². The average molecular weight is 306 g/mol. The molecule has 2 heterocycles. The second-order valence-electron chi connectivity index (χ2n) is 5.12. The zero-order valence-corrected chi connectivity index (χ0v) is 13.4. The van der Waals surface area contributed by atoms with Gasteiger partial charge in [0.25, 0.3) is 0 Å². The summed E-state index contributed by atoms with van der Waals surface area (Å²) in [6, 6.07) is 1.93. The van der Waals surface area contributed by atoms with Crippen LogP contribution in [0.3, 0.4) is 0 Å². The summed E-state index contributed by atoms with van der Waals surface area (Å²) in [4.78, 5) is 8.63. The van der Waals surface area contributed by atoms with Crippen molar-refractivity contribution in [3.8, 4) is 0 Å². The van der Waals surface area contributed by atoms with Crippen molar-refractivity contribution >= 4 is 23.0 Å². The molecule has 0 saturated carbocycles. The highest BCUT2D eigenvalue weighted by atomic mass is 32.1. The first-order valence-electron chi connectivity index (χ1n) is 7.16. The van der Waals surface area contributed by atoms with Gasteiger partial charge in [-0.2, -0.15) is 11.3 Å². The number of rotatable bonds is 7. The Hall–Kier alpha value is -1.66. The minimum atomic E-state index is -0.534. The highest BCUT2D eigenvalue weighted by Gasteiger charge is 2.16. The number of hydrogen-bond donors (Lipinski definition) is 3. The number of aliphatic hydroxyl groups excluding tert-OH is 1. The van der Waals surface area contributed by atoms with Crippen LogP contribution < -0.4 is 10.6 Å². The van der Waals surface area contributed by atoms with E-state index in [0.717, 1.165) is 29.3 Å². The van der Waals surface area contributed by atoms with E-state index in [-0.39, 0.29) is 0 Å². The van der Waals surface area contributed by atoms with E-state index in [1.165, 1.54) is 0 Å². The van der Waals surface area contributed by atoms with Crippen LogP contribution in [0.1, 0.15) is 43.9 Å². The van der Waals surface area contributed by atoms with Crippen LogP contribution in [0.2, 0.25) is 0 Å². The summed E-state index contributed by atoms with van der Waals surface area (Å²) in [6.07, 6.45) is 1.01. The summed E-state index contributed by atoms with van der Waals surface area (Å²) < 4.78 is 0. The first-order valence-corrected chi connectivity index (χ1v) is 8.10. The Balaban J connectivity index is 2.13. The zero-order chi connectivity index (χ0) is 15.2. The molecule has 0 aliphatic rings. The second-order valence-corrected chi connectivity index (χ2v) is 5.90. The topological polar surface area (TPSA) is 70.1 Å². The second kappa shape index (κ2) is 7.38. The van der Waals surface area contributed by atoms with E-state index < -0.39 is 6.10 Å². The molecule has 2 aromatic rings. The van der Waals surface area contributed by atoms with Gasteiger partial charge in [-0.1, -0.05) is 13.8 Å². The molecule has 1 atom stereocenters. The van der Waals surface area contributed by atoms with Crippen molar-refractivity contribution in [3.63, 3.8) is 0 Å². The number of thiophene rings is 1. The molecule has 0 fully saturated rings. The van der Waals surface area contributed by atoms with Crippen LogP contribution >= 0.6 is 11.3 Å². The molecule has 0 bridgehead atoms. The molecule has 0 spiro atoms. The average Bonchev–Trinajstić information content (AvgIpc) is 2.99. The zero-order valence-electron chi connectivity index (χ0n) is 12.6. The van der Waals surface area contributed by atoms with Gasteiger partial charge in [-0.25, -0.2) is 9.97 Å². The van der Waals surface area contributed by atoms with Crippen LogP contribution in [0.15, 0.2) is 23.2 Å². The fourth-order valence-corrected chi connectivity index (χ4v) is 2.87. The van der Waals surface area contributed by atoms with Gasteiger partial charge in [-0.3, -0.25) is 0 Å². The number of aromatic nitrogens is 2. The van der Waals surface area contributed by atoms with Crippen LogP contribution in [0.4, 0.5) is 11.6 Å². The van der Waals surface area contributed by atoms with Crippen LogP contribution in [0.5, 0.6) is 0 Å². The first kappa shape index (κ1) is 15.7. The third-order valence-electron chi connectivity index (χ3n) is 3.20. The Morgan fingerprint density at radius 3 is 2.52 bits per heavy atom. The molecule has 114 valence electrons. The number of nitrogens with one attached hydrogen (secondary N) is 2. The molecule has 0 aliphatic carbocycles. The maximum atomic E-state index is 10.2. The van der Waals surface area contributed by atoms with Crippen LogP contribution in [0.25, 0.3) is 0 Å². The lowest BCUT2D eigenvalue weighted by molar-refractivity contribution is 0.192. The summed E-state index contributed by atoms with van der Waals surface area (Å²) >= 11 is 1.58. The summed E-state index contributed by atoms with van der Waals surface area (Å²) in [5.41, 5.74) is 1.98. The quantitative estimate of drug-likeness (QED) is 0.732. The number of nitrogens with zero attached hydrogens (tertiary/aromatic N) is 2. The number of hydrogen-bond acceptors (Lipinski definition) is 6. The minimum Gasteiger partial charge on any atom is -0.387 e. The monoisotopic (exact) mass is 306 g/mol. The fourth-order valence-electron chi connectivity index (χ4n) is 2.17. The van der Waals surface area contributed by atoms with Gasteiger partial charge in [-0.15, -0.1) is 0 Å². The molecule has 0 saturated heterocycles. The number of aliphatic hydroxyl groups is 1. The molecule has 21 heavy (non-hydrogen) atoms. The Kier molecular flexibility index (Phi) is 5.52. The molecule has 0 aromatic carbocycles. The van der Waals surface area contributed by atoms with Gasteiger partial charge in [0.15, 0.2) is 0 Å². The van der Waals surface area contributed by atoms with Crippen molar-refractivity contribution in [2.45, 2.75) is 32.8 Å². The van der Waals surface area contributed by atoms with Gasteiger partial charge in [-0.05, 0) is 35.2 Å². The molecule has 5 nitrogen and oxygen atoms in total. The van der Waals surface area contributed by atoms with E-state index in [2.05, 4.69) is 34.4 Å². The summed E-state index contributed by atoms with van der Waals surface area (Å²) in [7, 11) is 0. The van der Waals surface area contributed by atoms with Crippen molar-refractivity contribution in [1.82, 2.24) is 9.97 Å². The standard InChI is InChI=1S/C15H22N4OS/c1-4-16-14-13(10(2)3)15(19-9-18-14)17-7-12(20)11-5-6-21-8-11/h5-6,8-10,12,20H,4,7H2,1-3H3,(H2,16,17,18,19). The normalized spacial score (nSPS) is 12.4. The smallest absolute Gasteiger partial charge is 0.135 e. The molecule has 0 aliphatic heterocycles. The highest BCUT2D eigenvalue weighted by molar-refractivity contribution is 7.07. The van der Waals surface area contributed by atoms with Gasteiger partial charge in [0, 0.05) is 18.7 Å². The highest BCUT2D eigenvalue weighted by Crippen LogP contribution is 2.28. The first-order chi connectivity index (χ1) is 10.1. The molecule has 2 aromatic heterocycles. The SMILES string of the molecule is CCNc1ncnc(NCC(O)c2ccsc2)c1C(C)C. The third kappa shape index (κ3) is 3.92. The Labute approximate surface area is 129 Å². The largest absolute Gasteiger partial charge is 0.387 e. The molecule has 0 radical (unpaired) electrons. The van der Waals surface area contributed by atoms with E-state index in [9.17, 15) is 5.11 Å². The van der Waals surface area contributed by atoms with Gasteiger partial charge in [0.2, 0.25) is 0 Å². The summed E-state index contributed by atoms with van der Waals surface area (Å²) in [5.74, 6) is 1.93. The fraction of sp³-hybridized carbons (Fsp3) is 0.467. The van der Waals surface area contributed by atoms with E-state index in [0.29, 0.717) is 12.5 Å². The maximum absolute atomic E-state index is 10.2. The number of anilines is 2. The predicted molar refractivity (Wildman–Crippen MR) is 88.1 cm³/mol. The summed E-state index contributed by atoms with van der Waals surface area (Å²) in [6.45, 7) is 7.51. The molecular formula is C15H22N4OS. The lowest BCUT2D eigenvalue weighted by Gasteiger charge is -2.18. The van der Waals surface area contributed by atoms with Gasteiger partial charge >= 0.3 is 0 Å². The van der Waals surface area contributed by atoms with Crippen LogP contribution in [-0.4, -0.2) is 28.2 Å². The van der Waals surface area contributed by atoms with Crippen molar-refractivity contribution < 1.29 is 5.11 Å². The van der Waals surface area contributed by atoms with E-state index in [4.69, 9.17) is 0 Å². The molecule has 6 heteroatoms. The lowest BCUT2D eigenvalue weighted by Crippen LogP contribution is -2.16. The molecule has 2 rings (SSSR count). The Morgan fingerprint density at radius 1 is 1.24 bits per heavy atom. The maximum Gasteiger partial charge on any atom is 0.135 e.